The number of para-hydroxylation sites is 7. The predicted octanol–water partition coefficient (Wildman–Crippen LogP) is 26.0. The number of benzene rings is 16. The molecule has 21 aromatic rings. The van der Waals surface area contributed by atoms with Crippen molar-refractivity contribution >= 4 is 115 Å². The minimum atomic E-state index is -0.0243. The summed E-state index contributed by atoms with van der Waals surface area (Å²) in [5.74, 6) is 0. The maximum absolute atomic E-state index is 8.59. The third-order valence-electron chi connectivity index (χ3n) is 21.0. The molecule has 0 atom stereocenters. The van der Waals surface area contributed by atoms with Crippen molar-refractivity contribution in [2.75, 3.05) is 5.73 Å². The Bertz CT molecular complexity index is 6920. The first-order valence-electron chi connectivity index (χ1n) is 37.7. The first-order valence-corrected chi connectivity index (χ1v) is 35.7. The lowest BCUT2D eigenvalue weighted by molar-refractivity contribution is 1.01. The van der Waals surface area contributed by atoms with Gasteiger partial charge in [0.2, 0.25) is 0 Å². The summed E-state index contributed by atoms with van der Waals surface area (Å²) in [5, 5.41) is 12.2. The Hall–Kier alpha value is -13.7. The second-order valence-corrected chi connectivity index (χ2v) is 27.3. The summed E-state index contributed by atoms with van der Waals surface area (Å²) in [6.07, 6.45) is 0. The van der Waals surface area contributed by atoms with E-state index in [-0.39, 0.29) is 29.9 Å². The average Bonchev–Trinajstić information content (AvgIpc) is 1.61. The van der Waals surface area contributed by atoms with E-state index in [9.17, 15) is 0 Å². The normalized spacial score (nSPS) is 12.1. The van der Waals surface area contributed by atoms with Crippen molar-refractivity contribution in [1.29, 1.82) is 0 Å². The Labute approximate surface area is 614 Å². The van der Waals surface area contributed by atoms with E-state index in [1.54, 1.807) is 6.92 Å². The highest BCUT2D eigenvalue weighted by Crippen LogP contribution is 2.42. The highest BCUT2D eigenvalue weighted by molar-refractivity contribution is 6.16. The molecule has 5 aromatic heterocycles. The number of hydrogen-bond donors (Lipinski definition) is 1. The van der Waals surface area contributed by atoms with Gasteiger partial charge in [-0.15, -0.1) is 0 Å². The Balaban J connectivity index is 0.000000121. The first kappa shape index (κ1) is 58.0. The zero-order valence-electron chi connectivity index (χ0n) is 62.2. The predicted molar refractivity (Wildman–Crippen MR) is 446 cm³/mol. The smallest absolute Gasteiger partial charge is 0.0645 e. The monoisotopic (exact) mass is 1350 g/mol. The van der Waals surface area contributed by atoms with Crippen LogP contribution in [0.5, 0.6) is 0 Å². The van der Waals surface area contributed by atoms with E-state index in [0.717, 1.165) is 38.6 Å². The lowest BCUT2D eigenvalue weighted by Crippen LogP contribution is -1.93. The molecular formula is C99H72N6. The Morgan fingerprint density at radius 2 is 0.448 bits per heavy atom. The van der Waals surface area contributed by atoms with Crippen molar-refractivity contribution in [3.8, 4) is 67.3 Å². The third kappa shape index (κ3) is 10.9. The molecule has 0 aliphatic heterocycles. The van der Waals surface area contributed by atoms with Gasteiger partial charge in [-0.1, -0.05) is 223 Å². The zero-order chi connectivity index (χ0) is 73.7. The van der Waals surface area contributed by atoms with Crippen LogP contribution in [0.1, 0.15) is 16.6 Å². The van der Waals surface area contributed by atoms with Gasteiger partial charge in [-0.3, -0.25) is 0 Å². The zero-order valence-corrected chi connectivity index (χ0v) is 58.2. The fourth-order valence-corrected chi connectivity index (χ4v) is 15.9. The number of nitrogens with two attached hydrogens (primary N) is 1. The van der Waals surface area contributed by atoms with Crippen LogP contribution >= 0.6 is 0 Å². The fourth-order valence-electron chi connectivity index (χ4n) is 15.9. The molecular weight excluding hydrogens is 1270 g/mol. The number of aromatic nitrogens is 5. The van der Waals surface area contributed by atoms with Crippen LogP contribution in [0.15, 0.2) is 370 Å². The summed E-state index contributed by atoms with van der Waals surface area (Å²) in [4.78, 5) is 0. The molecule has 6 nitrogen and oxygen atoms in total. The average molecular weight is 1350 g/mol. The molecule has 2 N–H and O–H groups in total. The second-order valence-electron chi connectivity index (χ2n) is 27.3. The number of hydrogen-bond acceptors (Lipinski definition) is 1. The molecule has 6 heteroatoms. The van der Waals surface area contributed by atoms with Crippen molar-refractivity contribution in [3.63, 3.8) is 0 Å². The van der Waals surface area contributed by atoms with Crippen LogP contribution in [0.3, 0.4) is 0 Å². The molecule has 5 heterocycles. The van der Waals surface area contributed by atoms with Crippen molar-refractivity contribution in [2.45, 2.75) is 13.8 Å². The van der Waals surface area contributed by atoms with Crippen molar-refractivity contribution < 1.29 is 5.48 Å². The summed E-state index contributed by atoms with van der Waals surface area (Å²) in [6.45, 7) is 3.70. The fraction of sp³-hybridized carbons (Fsp3) is 0.0303. The summed E-state index contributed by atoms with van der Waals surface area (Å²) < 4.78 is 45.0. The van der Waals surface area contributed by atoms with Gasteiger partial charge in [-0.2, -0.15) is 0 Å². The van der Waals surface area contributed by atoms with E-state index >= 15 is 0 Å². The Morgan fingerprint density at radius 3 is 0.771 bits per heavy atom. The highest BCUT2D eigenvalue weighted by Gasteiger charge is 2.20. The molecule has 105 heavy (non-hydrogen) atoms. The maximum Gasteiger partial charge on any atom is 0.0645 e. The molecule has 0 saturated heterocycles. The summed E-state index contributed by atoms with van der Waals surface area (Å²) in [6, 6.07) is 123. The van der Waals surface area contributed by atoms with Crippen LogP contribution in [0.4, 0.5) is 5.69 Å². The number of nitrogens with zero attached hydrogens (tertiary/aromatic N) is 5. The molecule has 0 bridgehead atoms. The quantitative estimate of drug-likeness (QED) is 0.151. The van der Waals surface area contributed by atoms with Crippen molar-refractivity contribution in [3.05, 3.63) is 381 Å². The van der Waals surface area contributed by atoms with Gasteiger partial charge >= 0.3 is 0 Å². The highest BCUT2D eigenvalue weighted by atomic mass is 15.0. The van der Waals surface area contributed by atoms with Gasteiger partial charge < -0.3 is 28.6 Å². The van der Waals surface area contributed by atoms with Crippen LogP contribution in [0.25, 0.3) is 176 Å². The van der Waals surface area contributed by atoms with E-state index in [1.807, 2.05) is 53.1 Å². The lowest BCUT2D eigenvalue weighted by atomic mass is 9.98. The van der Waals surface area contributed by atoms with Gasteiger partial charge in [0.1, 0.15) is 0 Å². The lowest BCUT2D eigenvalue weighted by Gasteiger charge is -2.09. The summed E-state index contributed by atoms with van der Waals surface area (Å²) in [5.41, 5.74) is 33.0. The van der Waals surface area contributed by atoms with E-state index in [2.05, 4.69) is 329 Å². The minimum absolute atomic E-state index is 0.00166. The van der Waals surface area contributed by atoms with Crippen LogP contribution in [-0.2, 0) is 7.05 Å². The standard InChI is InChI=1S/C49H33N3.C26H21N.C24H18N2/c1-50-44-24-20-32(34-22-26-48-40(28-34)38-16-8-10-18-46(38)51(48)36-12-4-2-5-13-36)30-42(44)43-31-33(21-25-45(43)50)35-23-27-49-41(29-35)39-17-9-11-19-47(39)52(49)37-14-6-3-7-15-37;1-18-7-11-20(12-8-18)21-13-16-26-24(17-21)23-5-3-4-6-25(23)27(26)22-14-9-19(2)10-15-22;25-19-13-10-17(11-14-19)18-12-15-24-22(16-18)21-8-4-5-9-23(21)26(24)20-6-2-1-3-7-20/h2-31H,1H3;3-17H,1-2H3;1-16H,25H2/i;9D,10D,14D,15D;. The van der Waals surface area contributed by atoms with E-state index in [1.165, 1.54) is 143 Å². The number of fused-ring (bicyclic) bond motifs is 15. The van der Waals surface area contributed by atoms with Gasteiger partial charge in [-0.25, -0.2) is 0 Å². The molecule has 21 rings (SSSR count). The Kier molecular flexibility index (Phi) is 14.2. The van der Waals surface area contributed by atoms with Crippen LogP contribution in [0.2, 0.25) is 0 Å². The SMILES string of the molecule is Cn1c2ccc(-c3ccc4c(c3)c3ccccc3n4-c3ccccc3)cc2c2cc(-c3ccc4c(c3)c3ccccc3n4-c3ccccc3)ccc21.Nc1ccc(-c2ccc3c(c2)c2ccccc2n3-c2ccccc2)cc1.[2H]c1c([2H])c(-n2c3ccccc3c3cc(-c4ccc(C)cc4)ccc32)c([2H])c([2H])c1C. The molecule has 0 aliphatic rings. The molecule has 16 aromatic carbocycles. The first-order chi connectivity index (χ1) is 53.4. The third-order valence-corrected chi connectivity index (χ3v) is 21.0. The van der Waals surface area contributed by atoms with Crippen molar-refractivity contribution in [2.24, 2.45) is 7.05 Å². The number of rotatable bonds is 8. The molecule has 0 aliphatic carbocycles. The second kappa shape index (κ2) is 25.7. The van der Waals surface area contributed by atoms with E-state index in [4.69, 9.17) is 11.2 Å². The van der Waals surface area contributed by atoms with Gasteiger partial charge in [0.05, 0.1) is 49.6 Å². The largest absolute Gasteiger partial charge is 0.399 e. The van der Waals surface area contributed by atoms with Crippen LogP contribution in [-0.4, -0.2) is 22.8 Å². The van der Waals surface area contributed by atoms with E-state index < -0.39 is 0 Å². The topological polar surface area (TPSA) is 50.7 Å². The van der Waals surface area contributed by atoms with Crippen molar-refractivity contribution in [1.82, 2.24) is 22.8 Å². The van der Waals surface area contributed by atoms with Crippen LogP contribution in [0, 0.1) is 13.8 Å². The Morgan fingerprint density at radius 1 is 0.210 bits per heavy atom. The van der Waals surface area contributed by atoms with Gasteiger partial charge in [0.15, 0.2) is 0 Å². The maximum atomic E-state index is 8.59. The number of anilines is 1. The summed E-state index contributed by atoms with van der Waals surface area (Å²) >= 11 is 0. The molecule has 0 spiro atoms. The molecule has 498 valence electrons. The van der Waals surface area contributed by atoms with Gasteiger partial charge in [0.25, 0.3) is 0 Å². The summed E-state index contributed by atoms with van der Waals surface area (Å²) in [7, 11) is 2.18. The van der Waals surface area contributed by atoms with Gasteiger partial charge in [0, 0.05) is 100 Å². The number of nitrogen functional groups attached to an aromatic ring is 1. The molecule has 0 radical (unpaired) electrons. The van der Waals surface area contributed by atoms with Gasteiger partial charge in [-0.05, 0) is 216 Å². The van der Waals surface area contributed by atoms with E-state index in [0.29, 0.717) is 5.56 Å². The number of aryl methyl sites for hydroxylation is 2. The molecule has 0 saturated carbocycles. The van der Waals surface area contributed by atoms with Crippen LogP contribution < -0.4 is 5.73 Å². The minimum Gasteiger partial charge on any atom is -0.399 e. The molecule has 0 fully saturated rings. The molecule has 0 unspecified atom stereocenters. The molecule has 0 amide bonds.